The summed E-state index contributed by atoms with van der Waals surface area (Å²) >= 11 is 0. The number of ether oxygens (including phenoxy) is 2. The lowest BCUT2D eigenvalue weighted by atomic mass is 9.82. The van der Waals surface area contributed by atoms with Crippen LogP contribution in [-0.2, 0) is 40.1 Å². The number of aliphatic hydroxyl groups is 1. The van der Waals surface area contributed by atoms with Gasteiger partial charge in [-0.3, -0.25) is 14.4 Å². The zero-order chi connectivity index (χ0) is 86.9. The largest absolute Gasteiger partial charge is 0.393 e. The summed E-state index contributed by atoms with van der Waals surface area (Å²) in [5, 5.41) is 32.5. The first kappa shape index (κ1) is 88.1. The van der Waals surface area contributed by atoms with Crippen molar-refractivity contribution in [3.8, 4) is 17.1 Å². The van der Waals surface area contributed by atoms with Crippen molar-refractivity contribution in [3.63, 3.8) is 0 Å². The van der Waals surface area contributed by atoms with Crippen LogP contribution in [0.15, 0.2) is 91.0 Å². The number of nitrogens with two attached hydrogens (primary N) is 1. The van der Waals surface area contributed by atoms with Crippen LogP contribution in [0.25, 0.3) is 50.2 Å². The predicted octanol–water partition coefficient (Wildman–Crippen LogP) is 8.39. The molecule has 9 aliphatic rings. The molecule has 0 bridgehead atoms. The number of piperidine rings is 6. The van der Waals surface area contributed by atoms with Gasteiger partial charge in [-0.05, 0) is 207 Å². The summed E-state index contributed by atoms with van der Waals surface area (Å²) in [4.78, 5) is 67.7. The molecule has 3 aliphatic carbocycles. The summed E-state index contributed by atoms with van der Waals surface area (Å²) in [6, 6.07) is 24.3. The number of halogens is 3. The molecule has 6 saturated heterocycles. The van der Waals surface area contributed by atoms with Gasteiger partial charge in [0.05, 0.1) is 85.7 Å². The molecule has 8 N–H and O–H groups in total. The van der Waals surface area contributed by atoms with Crippen LogP contribution >= 0.6 is 0 Å². The maximum atomic E-state index is 13.8. The van der Waals surface area contributed by atoms with Crippen molar-refractivity contribution in [1.82, 2.24) is 82.6 Å². The molecule has 9 fully saturated rings. The Hall–Kier alpha value is -9.39. The van der Waals surface area contributed by atoms with E-state index in [2.05, 4.69) is 53.8 Å². The molecule has 666 valence electrons. The fourth-order valence-corrected chi connectivity index (χ4v) is 20.2. The summed E-state index contributed by atoms with van der Waals surface area (Å²) in [6.45, 7) is 10.5. The molecule has 3 saturated carbocycles. The van der Waals surface area contributed by atoms with Crippen molar-refractivity contribution in [1.29, 1.82) is 0 Å². The Morgan fingerprint density at radius 3 is 0.903 bits per heavy atom. The SMILES string of the molecule is CNS(=O)(=O)NC(=O)c1cc(N2CCC(N3CCC(O)CC3)CC2)c2c(C3CCC3)nn(-c3ccc(F)cc3)c2n1.CNS(=O)(=O)NC(=O)c1cc(N2CCC(N3CCC(OC)CC3)CC2)c2c(C3CCC3)nn(-c3ccc(F)cc3)c2n1.COC1CCN(C2CCN(c3cc(C(=O)NS(N)(=O)=O)nc4c3c(C3CCC3)nn4-c3ccc(F)cc3)CC2)CC1. The van der Waals surface area contributed by atoms with E-state index in [9.17, 15) is 57.9 Å². The third-order valence-corrected chi connectivity index (χ3v) is 29.1. The minimum Gasteiger partial charge on any atom is -0.393 e. The third kappa shape index (κ3) is 19.6. The van der Waals surface area contributed by atoms with Crippen LogP contribution in [0, 0.1) is 17.5 Å². The molecule has 12 heterocycles. The number of methoxy groups -OCH3 is 2. The van der Waals surface area contributed by atoms with Crippen LogP contribution in [0.2, 0.25) is 0 Å². The Morgan fingerprint density at radius 2 is 0.661 bits per heavy atom. The fraction of sp³-hybridized carbons (Fsp3) is 0.541. The second-order valence-corrected chi connectivity index (χ2v) is 38.5. The number of rotatable bonds is 22. The number of anilines is 3. The number of carbonyl (C=O) groups excluding carboxylic acids is 3. The van der Waals surface area contributed by atoms with E-state index in [1.165, 1.54) is 50.5 Å². The fourth-order valence-electron chi connectivity index (χ4n) is 18.9. The number of nitrogens with one attached hydrogen (secondary N) is 5. The molecule has 3 amide bonds. The molecule has 124 heavy (non-hydrogen) atoms. The van der Waals surface area contributed by atoms with Crippen molar-refractivity contribution in [2.45, 2.75) is 189 Å². The summed E-state index contributed by atoms with van der Waals surface area (Å²) in [5.41, 5.74) is 8.18. The lowest BCUT2D eigenvalue weighted by Gasteiger charge is -2.42. The maximum Gasteiger partial charge on any atom is 0.301 e. The van der Waals surface area contributed by atoms with Crippen LogP contribution in [0.5, 0.6) is 0 Å². The molecule has 9 aromatic rings. The van der Waals surface area contributed by atoms with Crippen LogP contribution in [0.4, 0.5) is 30.2 Å². The summed E-state index contributed by atoms with van der Waals surface area (Å²) in [5.74, 6) is -2.94. The van der Waals surface area contributed by atoms with E-state index >= 15 is 0 Å². The van der Waals surface area contributed by atoms with E-state index in [-0.39, 0.29) is 58.4 Å². The van der Waals surface area contributed by atoms with E-state index in [0.717, 1.165) is 264 Å². The monoisotopic (exact) mass is 1770 g/mol. The predicted molar refractivity (Wildman–Crippen MR) is 463 cm³/mol. The first-order valence-electron chi connectivity index (χ1n) is 43.3. The maximum absolute atomic E-state index is 13.8. The Kier molecular flexibility index (Phi) is 26.7. The standard InChI is InChI=1S/C29H38FN7O4S.2C28H36FN7O4S/c1-31-42(39,40)34-29(38)24-18-25(36-14-10-21(11-15-36)35-16-12-23(41-2)13-17-35)26-27(19-4-3-5-19)33-37(28(26)32-24)22-8-6-20(30)7-9-22;1-40-22-11-15-34(16-12-22)20-9-13-35(14-10-20)24-17-23(28(37)33-41(30,38)39)31-27-25(24)26(18-3-2-4-18)32-36(27)21-7-5-19(29)6-8-21;1-30-41(39,40)33-28(38)23-17-24(35-13-9-20(10-14-35)34-15-11-22(37)12-16-34)25-26(18-3-2-4-18)32-36(27(25)31-23)21-7-5-19(29)6-8-21/h6-9,18-19,21,23,31H,3-5,10-17H2,1-2H3,(H,34,38);5-8,17-18,20,22H,2-4,9-16H2,1H3,(H,33,37)(H2,30,38,39);5-8,17-18,20,22,30,37H,2-4,9-16H2,1H3,(H,33,38). The normalized spacial score (nSPS) is 19.9. The topological polar surface area (TPSA) is 390 Å². The number of aliphatic hydroxyl groups excluding tert-OH is 1. The first-order chi connectivity index (χ1) is 59.7. The number of benzene rings is 3. The minimum atomic E-state index is -4.29. The number of nitrogens with zero attached hydrogens (tertiary/aromatic N) is 15. The van der Waals surface area contributed by atoms with E-state index < -0.39 is 48.3 Å². The van der Waals surface area contributed by atoms with Gasteiger partial charge in [0.2, 0.25) is 0 Å². The Balaban J connectivity index is 0.000000137. The van der Waals surface area contributed by atoms with Crippen molar-refractivity contribution in [3.05, 3.63) is 143 Å². The second kappa shape index (κ2) is 37.7. The summed E-state index contributed by atoms with van der Waals surface area (Å²) in [7, 11) is -6.35. The molecule has 0 spiro atoms. The quantitative estimate of drug-likeness (QED) is 0.0335. The van der Waals surface area contributed by atoms with Gasteiger partial charge in [-0.25, -0.2) is 70.9 Å². The molecule has 3 aromatic carbocycles. The van der Waals surface area contributed by atoms with Gasteiger partial charge < -0.3 is 44.0 Å². The summed E-state index contributed by atoms with van der Waals surface area (Å²) in [6.07, 6.45) is 21.3. The number of hydrogen-bond acceptors (Lipinski definition) is 24. The molecule has 6 aliphatic heterocycles. The van der Waals surface area contributed by atoms with Gasteiger partial charge in [-0.2, -0.15) is 40.5 Å². The van der Waals surface area contributed by atoms with Crippen LogP contribution in [0.1, 0.15) is 201 Å². The van der Waals surface area contributed by atoms with E-state index in [1.54, 1.807) is 82.9 Å². The Labute approximate surface area is 719 Å². The van der Waals surface area contributed by atoms with E-state index in [1.807, 2.05) is 14.2 Å². The average molecular weight is 1770 g/mol. The van der Waals surface area contributed by atoms with Crippen molar-refractivity contribution < 1.29 is 67.4 Å². The molecular formula is C85H110F3N21O12S3. The molecule has 39 heteroatoms. The number of amides is 3. The Morgan fingerprint density at radius 1 is 0.395 bits per heavy atom. The molecule has 0 unspecified atom stereocenters. The number of aromatic nitrogens is 9. The minimum absolute atomic E-state index is 0.0245. The van der Waals surface area contributed by atoms with Gasteiger partial charge in [0, 0.05) is 143 Å². The molecule has 0 atom stereocenters. The molecule has 33 nitrogen and oxygen atoms in total. The highest BCUT2D eigenvalue weighted by Gasteiger charge is 2.40. The number of likely N-dealkylation sites (tertiary alicyclic amines) is 3. The zero-order valence-electron chi connectivity index (χ0n) is 70.3. The van der Waals surface area contributed by atoms with Gasteiger partial charge in [-0.1, -0.05) is 19.3 Å². The first-order valence-corrected chi connectivity index (χ1v) is 47.8. The molecule has 6 aromatic heterocycles. The average Bonchev–Trinajstić information content (AvgIpc) is 1.59. The molecular weight excluding hydrogens is 1660 g/mol. The molecule has 18 rings (SSSR count). The lowest BCUT2D eigenvalue weighted by molar-refractivity contribution is 0.0232. The van der Waals surface area contributed by atoms with Gasteiger partial charge in [0.15, 0.2) is 16.9 Å². The highest BCUT2D eigenvalue weighted by molar-refractivity contribution is 7.88. The second-order valence-electron chi connectivity index (χ2n) is 34.0. The number of carbonyl (C=O) groups is 3. The van der Waals surface area contributed by atoms with Crippen molar-refractivity contribution in [2.75, 3.05) is 122 Å². The smallest absolute Gasteiger partial charge is 0.301 e. The van der Waals surface area contributed by atoms with Crippen molar-refractivity contribution in [2.24, 2.45) is 5.14 Å². The van der Waals surface area contributed by atoms with Gasteiger partial charge in [-0.15, -0.1) is 0 Å². The van der Waals surface area contributed by atoms with Crippen LogP contribution in [0.3, 0.4) is 0 Å². The van der Waals surface area contributed by atoms with E-state index in [0.29, 0.717) is 64.3 Å². The Bertz CT molecular complexity index is 5700. The van der Waals surface area contributed by atoms with Gasteiger partial charge in [0.1, 0.15) is 34.5 Å². The van der Waals surface area contributed by atoms with E-state index in [4.69, 9.17) is 29.9 Å². The number of fused-ring (bicyclic) bond motifs is 3. The van der Waals surface area contributed by atoms with Gasteiger partial charge in [0.25, 0.3) is 27.9 Å². The van der Waals surface area contributed by atoms with Crippen molar-refractivity contribution >= 4 is 98.5 Å². The van der Waals surface area contributed by atoms with Gasteiger partial charge >= 0.3 is 20.4 Å². The number of pyridine rings is 3. The van der Waals surface area contributed by atoms with Crippen LogP contribution < -0.4 is 43.4 Å². The van der Waals surface area contributed by atoms with Crippen LogP contribution in [-0.4, -0.2) is 250 Å². The third-order valence-electron chi connectivity index (χ3n) is 26.6. The highest BCUT2D eigenvalue weighted by atomic mass is 32.2. The highest BCUT2D eigenvalue weighted by Crippen LogP contribution is 2.48. The number of hydrogen-bond donors (Lipinski definition) is 7. The molecule has 0 radical (unpaired) electrons. The lowest BCUT2D eigenvalue weighted by Crippen LogP contribution is -2.48. The summed E-state index contributed by atoms with van der Waals surface area (Å²) < 4.78 is 140. The zero-order valence-corrected chi connectivity index (χ0v) is 72.7.